The van der Waals surface area contributed by atoms with Crippen molar-refractivity contribution in [3.05, 3.63) is 47.2 Å². The first-order chi connectivity index (χ1) is 16.1. The number of aromatic nitrogens is 2. The summed E-state index contributed by atoms with van der Waals surface area (Å²) in [5.74, 6) is 1.67. The van der Waals surface area contributed by atoms with Crippen molar-refractivity contribution >= 4 is 34.2 Å². The normalized spacial score (nSPS) is 13.8. The van der Waals surface area contributed by atoms with Gasteiger partial charge in [0.05, 0.1) is 33.8 Å². The van der Waals surface area contributed by atoms with E-state index in [1.54, 1.807) is 30.3 Å². The molecule has 1 aliphatic rings. The van der Waals surface area contributed by atoms with Crippen molar-refractivity contribution < 1.29 is 14.3 Å². The molecule has 10 heteroatoms. The zero-order valence-corrected chi connectivity index (χ0v) is 18.8. The Bertz CT molecular complexity index is 1210. The molecule has 0 spiro atoms. The predicted octanol–water partition coefficient (Wildman–Crippen LogP) is 4.08. The van der Waals surface area contributed by atoms with Gasteiger partial charge < -0.3 is 25.4 Å². The smallest absolute Gasteiger partial charge is 0.319 e. The predicted molar refractivity (Wildman–Crippen MR) is 125 cm³/mol. The second-order valence-electron chi connectivity index (χ2n) is 7.61. The molecule has 2 amide bonds. The van der Waals surface area contributed by atoms with Crippen molar-refractivity contribution in [1.29, 1.82) is 5.26 Å². The zero-order valence-electron chi connectivity index (χ0n) is 18.0. The van der Waals surface area contributed by atoms with Crippen LogP contribution in [0.25, 0.3) is 10.9 Å². The quantitative estimate of drug-likeness (QED) is 0.500. The number of ether oxygens (including phenoxy) is 2. The zero-order chi connectivity index (χ0) is 23.2. The van der Waals surface area contributed by atoms with Crippen molar-refractivity contribution in [2.24, 2.45) is 5.92 Å². The van der Waals surface area contributed by atoms with Gasteiger partial charge in [0, 0.05) is 19.2 Å². The highest BCUT2D eigenvalue weighted by molar-refractivity contribution is 6.33. The second-order valence-corrected chi connectivity index (χ2v) is 8.02. The van der Waals surface area contributed by atoms with Crippen molar-refractivity contribution in [2.45, 2.75) is 12.8 Å². The molecule has 3 aromatic rings. The van der Waals surface area contributed by atoms with Gasteiger partial charge in [0.1, 0.15) is 23.9 Å². The van der Waals surface area contributed by atoms with E-state index in [2.05, 4.69) is 32.0 Å². The Morgan fingerprint density at radius 2 is 2.09 bits per heavy atom. The summed E-state index contributed by atoms with van der Waals surface area (Å²) in [5, 5.41) is 19.0. The van der Waals surface area contributed by atoms with E-state index >= 15 is 0 Å². The Morgan fingerprint density at radius 3 is 2.82 bits per heavy atom. The van der Waals surface area contributed by atoms with Gasteiger partial charge in [-0.15, -0.1) is 0 Å². The highest BCUT2D eigenvalue weighted by Crippen LogP contribution is 2.34. The number of nitriles is 1. The van der Waals surface area contributed by atoms with Crippen LogP contribution < -0.4 is 25.4 Å². The highest BCUT2D eigenvalue weighted by atomic mass is 35.5. The SMILES string of the molecule is CNC(=O)Nc1ccc(Oc2ncnc3cc(OCC4CCNCC4)c(C#N)cc23)cc1Cl. The molecule has 2 aromatic carbocycles. The number of carbonyl (C=O) groups excluding carboxylic acids is 1. The first-order valence-electron chi connectivity index (χ1n) is 10.6. The van der Waals surface area contributed by atoms with Gasteiger partial charge in [-0.3, -0.25) is 0 Å². The molecule has 4 rings (SSSR count). The first kappa shape index (κ1) is 22.6. The van der Waals surface area contributed by atoms with Crippen LogP contribution in [0.15, 0.2) is 36.7 Å². The van der Waals surface area contributed by atoms with E-state index in [0.717, 1.165) is 25.9 Å². The fourth-order valence-electron chi connectivity index (χ4n) is 3.56. The van der Waals surface area contributed by atoms with Crippen LogP contribution in [0.1, 0.15) is 18.4 Å². The number of nitrogens with zero attached hydrogens (tertiary/aromatic N) is 3. The van der Waals surface area contributed by atoms with Gasteiger partial charge >= 0.3 is 6.03 Å². The van der Waals surface area contributed by atoms with Gasteiger partial charge in [0.15, 0.2) is 0 Å². The van der Waals surface area contributed by atoms with Gasteiger partial charge in [-0.05, 0) is 50.0 Å². The number of nitrogens with one attached hydrogen (secondary N) is 3. The molecule has 0 aliphatic carbocycles. The molecule has 0 atom stereocenters. The van der Waals surface area contributed by atoms with E-state index in [4.69, 9.17) is 21.1 Å². The molecule has 1 fully saturated rings. The number of amides is 2. The maximum Gasteiger partial charge on any atom is 0.319 e. The Morgan fingerprint density at radius 1 is 1.27 bits per heavy atom. The molecule has 0 saturated carbocycles. The van der Waals surface area contributed by atoms with Crippen LogP contribution in [0.2, 0.25) is 5.02 Å². The third-order valence-electron chi connectivity index (χ3n) is 5.38. The van der Waals surface area contributed by atoms with Gasteiger partial charge in [-0.1, -0.05) is 11.6 Å². The summed E-state index contributed by atoms with van der Waals surface area (Å²) < 4.78 is 11.9. The Hall–Kier alpha value is -3.61. The van der Waals surface area contributed by atoms with Gasteiger partial charge in [-0.25, -0.2) is 14.8 Å². The van der Waals surface area contributed by atoms with Crippen LogP contribution in [-0.4, -0.2) is 42.7 Å². The summed E-state index contributed by atoms with van der Waals surface area (Å²) in [4.78, 5) is 20.1. The summed E-state index contributed by atoms with van der Waals surface area (Å²) in [6, 6.07) is 10.1. The fourth-order valence-corrected chi connectivity index (χ4v) is 3.78. The van der Waals surface area contributed by atoms with Crippen molar-refractivity contribution in [3.8, 4) is 23.4 Å². The summed E-state index contributed by atoms with van der Waals surface area (Å²) in [6.07, 6.45) is 3.49. The van der Waals surface area contributed by atoms with E-state index in [0.29, 0.717) is 51.2 Å². The van der Waals surface area contributed by atoms with Gasteiger partial charge in [0.25, 0.3) is 0 Å². The van der Waals surface area contributed by atoms with Crippen LogP contribution in [0, 0.1) is 17.2 Å². The largest absolute Gasteiger partial charge is 0.492 e. The summed E-state index contributed by atoms with van der Waals surface area (Å²) in [5.41, 5.74) is 1.43. The summed E-state index contributed by atoms with van der Waals surface area (Å²) in [6.45, 7) is 2.53. The first-order valence-corrected chi connectivity index (χ1v) is 10.9. The monoisotopic (exact) mass is 466 g/mol. The highest BCUT2D eigenvalue weighted by Gasteiger charge is 2.17. The van der Waals surface area contributed by atoms with Crippen LogP contribution >= 0.6 is 11.6 Å². The minimum atomic E-state index is -0.380. The standard InChI is InChI=1S/C23H23ClN6O3/c1-26-23(31)30-19-3-2-16(9-18(19)24)33-22-17-8-15(11-25)21(10-20(17)28-13-29-22)32-12-14-4-6-27-7-5-14/h2-3,8-10,13-14,27H,4-7,12H2,1H3,(H2,26,30,31). The van der Waals surface area contributed by atoms with E-state index in [1.165, 1.54) is 13.4 Å². The number of benzene rings is 2. The Balaban J connectivity index is 1.57. The number of carbonyl (C=O) groups is 1. The molecule has 1 aromatic heterocycles. The molecule has 3 N–H and O–H groups in total. The fraction of sp³-hybridized carbons (Fsp3) is 0.304. The molecule has 33 heavy (non-hydrogen) atoms. The number of halogens is 1. The number of piperidine rings is 1. The molecule has 170 valence electrons. The van der Waals surface area contributed by atoms with Crippen molar-refractivity contribution in [1.82, 2.24) is 20.6 Å². The van der Waals surface area contributed by atoms with Crippen LogP contribution in [-0.2, 0) is 0 Å². The molecule has 0 bridgehead atoms. The van der Waals surface area contributed by atoms with Crippen LogP contribution in [0.4, 0.5) is 10.5 Å². The van der Waals surface area contributed by atoms with Crippen molar-refractivity contribution in [3.63, 3.8) is 0 Å². The molecular formula is C23H23ClN6O3. The molecule has 2 heterocycles. The molecule has 9 nitrogen and oxygen atoms in total. The maximum absolute atomic E-state index is 11.5. The maximum atomic E-state index is 11.5. The third-order valence-corrected chi connectivity index (χ3v) is 5.70. The Labute approximate surface area is 196 Å². The Kier molecular flexibility index (Phi) is 7.07. The number of hydrogen-bond acceptors (Lipinski definition) is 7. The van der Waals surface area contributed by atoms with Crippen molar-refractivity contribution in [2.75, 3.05) is 32.1 Å². The number of fused-ring (bicyclic) bond motifs is 1. The molecular weight excluding hydrogens is 444 g/mol. The number of rotatable bonds is 6. The van der Waals surface area contributed by atoms with Gasteiger partial charge in [-0.2, -0.15) is 5.26 Å². The topological polar surface area (TPSA) is 121 Å². The molecule has 0 radical (unpaired) electrons. The third kappa shape index (κ3) is 5.42. The van der Waals surface area contributed by atoms with E-state index in [9.17, 15) is 10.1 Å². The van der Waals surface area contributed by atoms with E-state index < -0.39 is 0 Å². The average molecular weight is 467 g/mol. The lowest BCUT2D eigenvalue weighted by molar-refractivity contribution is 0.215. The summed E-state index contributed by atoms with van der Waals surface area (Å²) >= 11 is 6.26. The minimum Gasteiger partial charge on any atom is -0.492 e. The van der Waals surface area contributed by atoms with Crippen LogP contribution in [0.5, 0.6) is 17.4 Å². The second kappa shape index (κ2) is 10.3. The molecule has 1 saturated heterocycles. The minimum absolute atomic E-state index is 0.282. The molecule has 1 aliphatic heterocycles. The van der Waals surface area contributed by atoms with Crippen LogP contribution in [0.3, 0.4) is 0 Å². The lowest BCUT2D eigenvalue weighted by atomic mass is 9.99. The number of hydrogen-bond donors (Lipinski definition) is 3. The number of urea groups is 1. The number of anilines is 1. The van der Waals surface area contributed by atoms with E-state index in [-0.39, 0.29) is 11.9 Å². The lowest BCUT2D eigenvalue weighted by Gasteiger charge is -2.23. The lowest BCUT2D eigenvalue weighted by Crippen LogP contribution is -2.30. The summed E-state index contributed by atoms with van der Waals surface area (Å²) in [7, 11) is 1.51. The average Bonchev–Trinajstić information content (AvgIpc) is 2.84. The van der Waals surface area contributed by atoms with E-state index in [1.807, 2.05) is 0 Å². The van der Waals surface area contributed by atoms with Gasteiger partial charge in [0.2, 0.25) is 5.88 Å². The molecule has 0 unspecified atom stereocenters.